The Bertz CT molecular complexity index is 530. The first-order valence-electron chi connectivity index (χ1n) is 5.44. The van der Waals surface area contributed by atoms with Gasteiger partial charge in [-0.2, -0.15) is 0 Å². The van der Waals surface area contributed by atoms with E-state index in [-0.39, 0.29) is 11.5 Å². The Kier molecular flexibility index (Phi) is 3.15. The van der Waals surface area contributed by atoms with Gasteiger partial charge in [-0.3, -0.25) is 0 Å². The lowest BCUT2D eigenvalue weighted by Gasteiger charge is -2.10. The van der Waals surface area contributed by atoms with Gasteiger partial charge in [0.15, 0.2) is 0 Å². The van der Waals surface area contributed by atoms with Crippen LogP contribution in [0.3, 0.4) is 0 Å². The summed E-state index contributed by atoms with van der Waals surface area (Å²) in [5.41, 5.74) is 2.16. The smallest absolute Gasteiger partial charge is 0.130 e. The summed E-state index contributed by atoms with van der Waals surface area (Å²) < 4.78 is 0. The number of phenolic OH excluding ortho intramolecular Hbond substituents is 2. The summed E-state index contributed by atoms with van der Waals surface area (Å²) in [6.07, 6.45) is 2.10. The summed E-state index contributed by atoms with van der Waals surface area (Å²) in [6.45, 7) is 3.62. The fraction of sp³-hybridized carbons (Fsp3) is 0.0667. The van der Waals surface area contributed by atoms with Crippen LogP contribution in [0, 0.1) is 0 Å². The van der Waals surface area contributed by atoms with Crippen molar-refractivity contribution in [1.82, 2.24) is 0 Å². The molecule has 86 valence electrons. The molecule has 0 aliphatic heterocycles. The van der Waals surface area contributed by atoms with E-state index in [4.69, 9.17) is 0 Å². The third-order valence-electron chi connectivity index (χ3n) is 2.69. The minimum absolute atomic E-state index is 0.0991. The Hall–Kier alpha value is -2.22. The van der Waals surface area contributed by atoms with Crippen LogP contribution < -0.4 is 0 Å². The number of allylic oxidation sites excluding steroid dienone is 1. The molecule has 0 bridgehead atoms. The second-order valence-corrected chi connectivity index (χ2v) is 3.82. The Morgan fingerprint density at radius 2 is 1.71 bits per heavy atom. The zero-order chi connectivity index (χ0) is 12.3. The van der Waals surface area contributed by atoms with E-state index in [1.165, 1.54) is 0 Å². The van der Waals surface area contributed by atoms with Gasteiger partial charge < -0.3 is 10.2 Å². The van der Waals surface area contributed by atoms with E-state index in [1.54, 1.807) is 18.2 Å². The average molecular weight is 226 g/mol. The molecule has 0 aliphatic carbocycles. The molecule has 0 amide bonds. The number of rotatable bonds is 3. The summed E-state index contributed by atoms with van der Waals surface area (Å²) in [5.74, 6) is 0.221. The highest BCUT2D eigenvalue weighted by Gasteiger charge is 2.11. The second-order valence-electron chi connectivity index (χ2n) is 3.82. The normalized spacial score (nSPS) is 10.1. The molecular formula is C15H14O2. The van der Waals surface area contributed by atoms with Crippen molar-refractivity contribution >= 4 is 0 Å². The van der Waals surface area contributed by atoms with Gasteiger partial charge in [-0.05, 0) is 24.1 Å². The monoisotopic (exact) mass is 226 g/mol. The molecule has 2 aromatic rings. The van der Waals surface area contributed by atoms with E-state index in [0.29, 0.717) is 12.0 Å². The molecule has 0 spiro atoms. The number of hydrogen-bond donors (Lipinski definition) is 2. The zero-order valence-electron chi connectivity index (χ0n) is 9.43. The lowest BCUT2D eigenvalue weighted by atomic mass is 9.99. The highest BCUT2D eigenvalue weighted by atomic mass is 16.3. The van der Waals surface area contributed by atoms with Crippen molar-refractivity contribution in [2.75, 3.05) is 0 Å². The topological polar surface area (TPSA) is 40.5 Å². The fourth-order valence-corrected chi connectivity index (χ4v) is 1.82. The fourth-order valence-electron chi connectivity index (χ4n) is 1.82. The number of benzene rings is 2. The Labute approximate surface area is 100 Å². The van der Waals surface area contributed by atoms with Gasteiger partial charge in [0.25, 0.3) is 0 Å². The summed E-state index contributed by atoms with van der Waals surface area (Å²) in [4.78, 5) is 0. The van der Waals surface area contributed by atoms with Crippen LogP contribution in [0.4, 0.5) is 0 Å². The van der Waals surface area contributed by atoms with E-state index in [0.717, 1.165) is 11.1 Å². The van der Waals surface area contributed by atoms with Gasteiger partial charge >= 0.3 is 0 Å². The Balaban J connectivity index is 2.57. The van der Waals surface area contributed by atoms with Crippen LogP contribution in [0.5, 0.6) is 11.5 Å². The highest BCUT2D eigenvalue weighted by Crippen LogP contribution is 2.37. The maximum Gasteiger partial charge on any atom is 0.130 e. The van der Waals surface area contributed by atoms with E-state index in [9.17, 15) is 10.2 Å². The van der Waals surface area contributed by atoms with Crippen LogP contribution in [0.15, 0.2) is 55.1 Å². The van der Waals surface area contributed by atoms with E-state index < -0.39 is 0 Å². The molecular weight excluding hydrogens is 212 g/mol. The van der Waals surface area contributed by atoms with Crippen LogP contribution in [-0.2, 0) is 6.42 Å². The van der Waals surface area contributed by atoms with Gasteiger partial charge in [-0.25, -0.2) is 0 Å². The van der Waals surface area contributed by atoms with E-state index in [1.807, 2.05) is 30.3 Å². The van der Waals surface area contributed by atoms with Gasteiger partial charge in [0.2, 0.25) is 0 Å². The minimum atomic E-state index is 0.0991. The quantitative estimate of drug-likeness (QED) is 0.786. The molecule has 0 unspecified atom stereocenters. The standard InChI is InChI=1S/C15H14O2/c1-2-6-13-14(16)10-9-12(15(13)17)11-7-4-3-5-8-11/h2-5,7-10,16-17H,1,6H2. The maximum atomic E-state index is 10.1. The molecule has 17 heavy (non-hydrogen) atoms. The third kappa shape index (κ3) is 2.16. The summed E-state index contributed by atoms with van der Waals surface area (Å²) in [7, 11) is 0. The molecule has 2 aromatic carbocycles. The second kappa shape index (κ2) is 4.74. The first-order valence-corrected chi connectivity index (χ1v) is 5.44. The van der Waals surface area contributed by atoms with Crippen LogP contribution >= 0.6 is 0 Å². The Morgan fingerprint density at radius 1 is 1.00 bits per heavy atom. The molecule has 0 aromatic heterocycles. The van der Waals surface area contributed by atoms with Crippen molar-refractivity contribution in [2.45, 2.75) is 6.42 Å². The molecule has 0 aliphatic rings. The predicted octanol–water partition coefficient (Wildman–Crippen LogP) is 3.49. The van der Waals surface area contributed by atoms with Crippen LogP contribution in [0.2, 0.25) is 0 Å². The summed E-state index contributed by atoms with van der Waals surface area (Å²) >= 11 is 0. The molecule has 2 rings (SSSR count). The van der Waals surface area contributed by atoms with Gasteiger partial charge in [0, 0.05) is 11.1 Å². The van der Waals surface area contributed by atoms with Crippen LogP contribution in [0.25, 0.3) is 11.1 Å². The van der Waals surface area contributed by atoms with Crippen LogP contribution in [-0.4, -0.2) is 10.2 Å². The first-order chi connectivity index (χ1) is 8.24. The van der Waals surface area contributed by atoms with Crippen molar-refractivity contribution < 1.29 is 10.2 Å². The molecule has 0 radical (unpaired) electrons. The van der Waals surface area contributed by atoms with Gasteiger partial charge in [0.1, 0.15) is 11.5 Å². The summed E-state index contributed by atoms with van der Waals surface area (Å²) in [5, 5.41) is 19.8. The van der Waals surface area contributed by atoms with Gasteiger partial charge in [-0.15, -0.1) is 6.58 Å². The highest BCUT2D eigenvalue weighted by molar-refractivity contribution is 5.73. The third-order valence-corrected chi connectivity index (χ3v) is 2.69. The van der Waals surface area contributed by atoms with Crippen molar-refractivity contribution in [3.05, 3.63) is 60.7 Å². The zero-order valence-corrected chi connectivity index (χ0v) is 9.43. The maximum absolute atomic E-state index is 10.1. The van der Waals surface area contributed by atoms with Crippen molar-refractivity contribution in [1.29, 1.82) is 0 Å². The lowest BCUT2D eigenvalue weighted by Crippen LogP contribution is -1.87. The molecule has 0 fully saturated rings. The van der Waals surface area contributed by atoms with Gasteiger partial charge in [-0.1, -0.05) is 36.4 Å². The van der Waals surface area contributed by atoms with E-state index in [2.05, 4.69) is 6.58 Å². The summed E-state index contributed by atoms with van der Waals surface area (Å²) in [6, 6.07) is 12.9. The minimum Gasteiger partial charge on any atom is -0.508 e. The molecule has 0 saturated carbocycles. The Morgan fingerprint density at radius 3 is 2.35 bits per heavy atom. The molecule has 2 heteroatoms. The van der Waals surface area contributed by atoms with Crippen molar-refractivity contribution in [3.8, 4) is 22.6 Å². The molecule has 0 atom stereocenters. The van der Waals surface area contributed by atoms with Crippen molar-refractivity contribution in [2.24, 2.45) is 0 Å². The van der Waals surface area contributed by atoms with E-state index >= 15 is 0 Å². The van der Waals surface area contributed by atoms with Gasteiger partial charge in [0.05, 0.1) is 0 Å². The largest absolute Gasteiger partial charge is 0.508 e. The first kappa shape index (κ1) is 11.3. The average Bonchev–Trinajstić information content (AvgIpc) is 2.36. The molecule has 0 saturated heterocycles. The molecule has 0 heterocycles. The number of aromatic hydroxyl groups is 2. The molecule has 2 nitrogen and oxygen atoms in total. The van der Waals surface area contributed by atoms with Crippen molar-refractivity contribution in [3.63, 3.8) is 0 Å². The SMILES string of the molecule is C=CCc1c(O)ccc(-c2ccccc2)c1O. The predicted molar refractivity (Wildman–Crippen MR) is 69.1 cm³/mol. The molecule has 2 N–H and O–H groups in total. The number of hydrogen-bond acceptors (Lipinski definition) is 2. The van der Waals surface area contributed by atoms with Crippen LogP contribution in [0.1, 0.15) is 5.56 Å². The number of phenols is 2. The lowest BCUT2D eigenvalue weighted by molar-refractivity contribution is 0.442.